The Balaban J connectivity index is 2.33. The minimum atomic E-state index is -0.828. The summed E-state index contributed by atoms with van der Waals surface area (Å²) in [6.07, 6.45) is 0. The molecule has 4 heteroatoms. The van der Waals surface area contributed by atoms with Gasteiger partial charge in [-0.1, -0.05) is 31.5 Å². The van der Waals surface area contributed by atoms with Crippen LogP contribution in [0.15, 0.2) is 18.2 Å². The first-order valence-electron chi connectivity index (χ1n) is 5.03. The third kappa shape index (κ3) is 1.59. The molecular formula is C12H12ClFO2. The van der Waals surface area contributed by atoms with Crippen molar-refractivity contribution in [1.29, 1.82) is 0 Å². The third-order valence-electron chi connectivity index (χ3n) is 3.40. The first kappa shape index (κ1) is 11.4. The van der Waals surface area contributed by atoms with Crippen LogP contribution in [0.1, 0.15) is 25.3 Å². The van der Waals surface area contributed by atoms with Gasteiger partial charge in [0.25, 0.3) is 0 Å². The highest BCUT2D eigenvalue weighted by Crippen LogP contribution is 2.64. The van der Waals surface area contributed by atoms with E-state index in [2.05, 4.69) is 0 Å². The summed E-state index contributed by atoms with van der Waals surface area (Å²) >= 11 is 5.58. The average Bonchev–Trinajstić information content (AvgIpc) is 2.74. The molecule has 1 aliphatic rings. The standard InChI is InChI=1S/C12H12ClFO2/c1-12(2)9(10(12)11(15)16)6-3-4-7(13)8(14)5-6/h3-5,9-10H,1-2H3,(H,15,16). The number of halogens is 2. The quantitative estimate of drug-likeness (QED) is 0.864. The van der Waals surface area contributed by atoms with Crippen molar-refractivity contribution in [1.82, 2.24) is 0 Å². The number of carbonyl (C=O) groups is 1. The number of hydrogen-bond donors (Lipinski definition) is 1. The summed E-state index contributed by atoms with van der Waals surface area (Å²) in [5, 5.41) is 9.09. The van der Waals surface area contributed by atoms with Crippen molar-refractivity contribution in [2.45, 2.75) is 19.8 Å². The fourth-order valence-corrected chi connectivity index (χ4v) is 2.54. The Labute approximate surface area is 98.0 Å². The lowest BCUT2D eigenvalue weighted by Crippen LogP contribution is -2.03. The van der Waals surface area contributed by atoms with E-state index in [4.69, 9.17) is 16.7 Å². The van der Waals surface area contributed by atoms with Crippen LogP contribution in [-0.2, 0) is 4.79 Å². The van der Waals surface area contributed by atoms with Gasteiger partial charge in [0.05, 0.1) is 10.9 Å². The van der Waals surface area contributed by atoms with Crippen LogP contribution >= 0.6 is 11.6 Å². The Morgan fingerprint density at radius 1 is 1.50 bits per heavy atom. The van der Waals surface area contributed by atoms with Crippen LogP contribution < -0.4 is 0 Å². The molecule has 1 aromatic rings. The van der Waals surface area contributed by atoms with Gasteiger partial charge in [-0.25, -0.2) is 4.39 Å². The Morgan fingerprint density at radius 2 is 2.12 bits per heavy atom. The minimum Gasteiger partial charge on any atom is -0.481 e. The summed E-state index contributed by atoms with van der Waals surface area (Å²) in [4.78, 5) is 11.0. The average molecular weight is 243 g/mol. The van der Waals surface area contributed by atoms with E-state index in [-0.39, 0.29) is 16.4 Å². The second kappa shape index (κ2) is 3.45. The summed E-state index contributed by atoms with van der Waals surface area (Å²) < 4.78 is 13.3. The van der Waals surface area contributed by atoms with E-state index < -0.39 is 17.7 Å². The summed E-state index contributed by atoms with van der Waals surface area (Å²) in [6.45, 7) is 3.76. The van der Waals surface area contributed by atoms with Gasteiger partial charge >= 0.3 is 5.97 Å². The van der Waals surface area contributed by atoms with Crippen LogP contribution in [0.5, 0.6) is 0 Å². The normalized spacial score (nSPS) is 26.5. The van der Waals surface area contributed by atoms with Gasteiger partial charge in [0.1, 0.15) is 5.82 Å². The van der Waals surface area contributed by atoms with Gasteiger partial charge in [-0.2, -0.15) is 0 Å². The molecule has 0 radical (unpaired) electrons. The molecule has 1 fully saturated rings. The smallest absolute Gasteiger partial charge is 0.307 e. The predicted molar refractivity (Wildman–Crippen MR) is 59.1 cm³/mol. The molecule has 2 atom stereocenters. The van der Waals surface area contributed by atoms with Crippen LogP contribution in [0, 0.1) is 17.2 Å². The van der Waals surface area contributed by atoms with E-state index in [1.807, 2.05) is 13.8 Å². The van der Waals surface area contributed by atoms with Gasteiger partial charge < -0.3 is 5.11 Å². The first-order chi connectivity index (χ1) is 7.35. The van der Waals surface area contributed by atoms with Crippen LogP contribution in [0.3, 0.4) is 0 Å². The maximum atomic E-state index is 13.3. The lowest BCUT2D eigenvalue weighted by molar-refractivity contribution is -0.139. The maximum absolute atomic E-state index is 13.3. The third-order valence-corrected chi connectivity index (χ3v) is 3.70. The molecule has 0 bridgehead atoms. The lowest BCUT2D eigenvalue weighted by atomic mass is 10.0. The van der Waals surface area contributed by atoms with E-state index in [9.17, 15) is 9.18 Å². The van der Waals surface area contributed by atoms with E-state index >= 15 is 0 Å². The molecule has 0 aromatic heterocycles. The molecule has 86 valence electrons. The van der Waals surface area contributed by atoms with Gasteiger partial charge in [-0.3, -0.25) is 4.79 Å². The van der Waals surface area contributed by atoms with Crippen molar-refractivity contribution in [3.8, 4) is 0 Å². The summed E-state index contributed by atoms with van der Waals surface area (Å²) in [5.74, 6) is -1.89. The molecule has 1 aromatic carbocycles. The zero-order valence-corrected chi connectivity index (χ0v) is 9.75. The molecule has 0 saturated heterocycles. The molecule has 0 amide bonds. The van der Waals surface area contributed by atoms with Crippen LogP contribution in [0.4, 0.5) is 4.39 Å². The monoisotopic (exact) mass is 242 g/mol. The summed E-state index contributed by atoms with van der Waals surface area (Å²) in [7, 11) is 0. The highest BCUT2D eigenvalue weighted by atomic mass is 35.5. The van der Waals surface area contributed by atoms with Gasteiger partial charge in [0, 0.05) is 5.92 Å². The van der Waals surface area contributed by atoms with Crippen LogP contribution in [-0.4, -0.2) is 11.1 Å². The van der Waals surface area contributed by atoms with Crippen molar-refractivity contribution in [2.24, 2.45) is 11.3 Å². The number of carboxylic acids is 1. The van der Waals surface area contributed by atoms with Crippen molar-refractivity contribution in [2.75, 3.05) is 0 Å². The zero-order valence-electron chi connectivity index (χ0n) is 9.00. The molecule has 1 aliphatic carbocycles. The molecule has 0 aliphatic heterocycles. The first-order valence-corrected chi connectivity index (χ1v) is 5.41. The number of benzene rings is 1. The second-order valence-electron chi connectivity index (χ2n) is 4.79. The highest BCUT2D eigenvalue weighted by molar-refractivity contribution is 6.30. The molecule has 16 heavy (non-hydrogen) atoms. The summed E-state index contributed by atoms with van der Waals surface area (Å²) in [5.41, 5.74) is 0.394. The SMILES string of the molecule is CC1(C)C(C(=O)O)C1c1ccc(Cl)c(F)c1. The van der Waals surface area contributed by atoms with Crippen molar-refractivity contribution >= 4 is 17.6 Å². The fraction of sp³-hybridized carbons (Fsp3) is 0.417. The Bertz CT molecular complexity index is 456. The molecule has 0 heterocycles. The number of hydrogen-bond acceptors (Lipinski definition) is 1. The Hall–Kier alpha value is -1.09. The summed E-state index contributed by atoms with van der Waals surface area (Å²) in [6, 6.07) is 4.50. The van der Waals surface area contributed by atoms with E-state index in [1.54, 1.807) is 6.07 Å². The van der Waals surface area contributed by atoms with Gasteiger partial charge in [0.15, 0.2) is 0 Å². The van der Waals surface area contributed by atoms with Crippen LogP contribution in [0.25, 0.3) is 0 Å². The van der Waals surface area contributed by atoms with Gasteiger partial charge in [-0.05, 0) is 23.1 Å². The van der Waals surface area contributed by atoms with Crippen molar-refractivity contribution < 1.29 is 14.3 Å². The van der Waals surface area contributed by atoms with E-state index in [0.29, 0.717) is 5.56 Å². The molecular weight excluding hydrogens is 231 g/mol. The van der Waals surface area contributed by atoms with E-state index in [0.717, 1.165) is 0 Å². The molecule has 2 unspecified atom stereocenters. The molecule has 2 nitrogen and oxygen atoms in total. The Kier molecular flexibility index (Phi) is 2.46. The maximum Gasteiger partial charge on any atom is 0.307 e. The molecule has 2 rings (SSSR count). The molecule has 0 spiro atoms. The predicted octanol–water partition coefficient (Wildman–Crippen LogP) is 3.30. The largest absolute Gasteiger partial charge is 0.481 e. The van der Waals surface area contributed by atoms with E-state index in [1.165, 1.54) is 12.1 Å². The van der Waals surface area contributed by atoms with Crippen molar-refractivity contribution in [3.63, 3.8) is 0 Å². The second-order valence-corrected chi connectivity index (χ2v) is 5.20. The zero-order chi connectivity index (χ0) is 12.1. The number of carboxylic acid groups (broad SMARTS) is 1. The number of rotatable bonds is 2. The van der Waals surface area contributed by atoms with Gasteiger partial charge in [0.2, 0.25) is 0 Å². The lowest BCUT2D eigenvalue weighted by Gasteiger charge is -2.03. The fourth-order valence-electron chi connectivity index (χ4n) is 2.43. The van der Waals surface area contributed by atoms with Gasteiger partial charge in [-0.15, -0.1) is 0 Å². The number of aliphatic carboxylic acids is 1. The van der Waals surface area contributed by atoms with Crippen LogP contribution in [0.2, 0.25) is 5.02 Å². The minimum absolute atomic E-state index is 0.0640. The van der Waals surface area contributed by atoms with Crippen molar-refractivity contribution in [3.05, 3.63) is 34.6 Å². The molecule has 1 saturated carbocycles. The Morgan fingerprint density at radius 3 is 2.56 bits per heavy atom. The topological polar surface area (TPSA) is 37.3 Å². The molecule has 1 N–H and O–H groups in total. The highest BCUT2D eigenvalue weighted by Gasteiger charge is 2.62.